The molecule has 0 amide bonds. The standard InChI is InChI=1S/C16H13F3N4/c17-12-3-1-2-11(8-12)13-9-16(18,19)10-22(13)15-5-4-14-20-6-7-23(14)21-15/h1-8,13H,9-10H2. The van der Waals surface area contributed by atoms with E-state index in [1.54, 1.807) is 30.6 Å². The van der Waals surface area contributed by atoms with Gasteiger partial charge in [-0.05, 0) is 29.8 Å². The van der Waals surface area contributed by atoms with Crippen molar-refractivity contribution < 1.29 is 13.2 Å². The summed E-state index contributed by atoms with van der Waals surface area (Å²) in [5.74, 6) is -2.86. The molecule has 1 aliphatic heterocycles. The third kappa shape index (κ3) is 2.52. The highest BCUT2D eigenvalue weighted by molar-refractivity contribution is 5.49. The molecule has 4 nitrogen and oxygen atoms in total. The van der Waals surface area contributed by atoms with Gasteiger partial charge in [0.05, 0.1) is 12.6 Å². The van der Waals surface area contributed by atoms with Gasteiger partial charge in [-0.3, -0.25) is 0 Å². The molecule has 0 bridgehead atoms. The van der Waals surface area contributed by atoms with Crippen molar-refractivity contribution in [2.45, 2.75) is 18.4 Å². The van der Waals surface area contributed by atoms with E-state index in [0.717, 1.165) is 0 Å². The van der Waals surface area contributed by atoms with Gasteiger partial charge < -0.3 is 4.90 Å². The Morgan fingerprint density at radius 1 is 1.17 bits per heavy atom. The Labute approximate surface area is 130 Å². The van der Waals surface area contributed by atoms with Gasteiger partial charge in [-0.25, -0.2) is 22.7 Å². The minimum absolute atomic E-state index is 0.361. The van der Waals surface area contributed by atoms with E-state index in [4.69, 9.17) is 0 Å². The second-order valence-corrected chi connectivity index (χ2v) is 5.68. The molecule has 7 heteroatoms. The van der Waals surface area contributed by atoms with Crippen LogP contribution in [-0.4, -0.2) is 27.1 Å². The van der Waals surface area contributed by atoms with Crippen molar-refractivity contribution in [1.29, 1.82) is 0 Å². The number of rotatable bonds is 2. The maximum Gasteiger partial charge on any atom is 0.267 e. The van der Waals surface area contributed by atoms with E-state index in [9.17, 15) is 13.2 Å². The van der Waals surface area contributed by atoms with Crippen molar-refractivity contribution >= 4 is 11.5 Å². The first-order valence-corrected chi connectivity index (χ1v) is 7.22. The van der Waals surface area contributed by atoms with E-state index in [1.165, 1.54) is 27.6 Å². The number of alkyl halides is 2. The van der Waals surface area contributed by atoms with E-state index in [0.29, 0.717) is 17.0 Å². The fraction of sp³-hybridized carbons (Fsp3) is 0.250. The van der Waals surface area contributed by atoms with Gasteiger partial charge in [0.1, 0.15) is 11.6 Å². The maximum absolute atomic E-state index is 14.0. The van der Waals surface area contributed by atoms with E-state index >= 15 is 0 Å². The molecule has 1 fully saturated rings. The zero-order valence-electron chi connectivity index (χ0n) is 12.0. The molecule has 1 aliphatic rings. The number of anilines is 1. The summed E-state index contributed by atoms with van der Waals surface area (Å²) in [5, 5.41) is 4.33. The minimum atomic E-state index is -2.84. The molecule has 118 valence electrons. The Morgan fingerprint density at radius 3 is 2.87 bits per heavy atom. The zero-order chi connectivity index (χ0) is 16.0. The number of hydrogen-bond acceptors (Lipinski definition) is 3. The molecule has 0 spiro atoms. The van der Waals surface area contributed by atoms with Gasteiger partial charge in [0.25, 0.3) is 5.92 Å². The molecule has 1 atom stereocenters. The van der Waals surface area contributed by atoms with Crippen molar-refractivity contribution in [1.82, 2.24) is 14.6 Å². The molecular formula is C16H13F3N4. The summed E-state index contributed by atoms with van der Waals surface area (Å²) in [6.45, 7) is -0.443. The molecule has 3 heterocycles. The van der Waals surface area contributed by atoms with Crippen LogP contribution >= 0.6 is 0 Å². The molecule has 0 aliphatic carbocycles. The van der Waals surface area contributed by atoms with Crippen LogP contribution < -0.4 is 4.90 Å². The highest BCUT2D eigenvalue weighted by Crippen LogP contribution is 2.43. The van der Waals surface area contributed by atoms with Crippen LogP contribution in [0.15, 0.2) is 48.8 Å². The fourth-order valence-electron chi connectivity index (χ4n) is 3.03. The van der Waals surface area contributed by atoms with Crippen LogP contribution in [0.5, 0.6) is 0 Å². The summed E-state index contributed by atoms with van der Waals surface area (Å²) in [6.07, 6.45) is 2.89. The summed E-state index contributed by atoms with van der Waals surface area (Å²) >= 11 is 0. The Morgan fingerprint density at radius 2 is 2.04 bits per heavy atom. The number of nitrogens with zero attached hydrogens (tertiary/aromatic N) is 4. The fourth-order valence-corrected chi connectivity index (χ4v) is 3.03. The van der Waals surface area contributed by atoms with Crippen LogP contribution in [-0.2, 0) is 0 Å². The summed E-state index contributed by atoms with van der Waals surface area (Å²) in [6, 6.07) is 8.57. The second kappa shape index (κ2) is 4.97. The summed E-state index contributed by atoms with van der Waals surface area (Å²) in [5.41, 5.74) is 1.16. The van der Waals surface area contributed by atoms with Crippen LogP contribution in [0.2, 0.25) is 0 Å². The predicted molar refractivity (Wildman–Crippen MR) is 79.0 cm³/mol. The number of benzene rings is 1. The Hall–Kier alpha value is -2.57. The lowest BCUT2D eigenvalue weighted by Gasteiger charge is -2.25. The first-order chi connectivity index (χ1) is 11.0. The molecule has 23 heavy (non-hydrogen) atoms. The summed E-state index contributed by atoms with van der Waals surface area (Å²) in [4.78, 5) is 5.61. The van der Waals surface area contributed by atoms with Crippen LogP contribution in [0.1, 0.15) is 18.0 Å². The molecule has 2 aromatic heterocycles. The predicted octanol–water partition coefficient (Wildman–Crippen LogP) is 3.46. The first kappa shape index (κ1) is 14.0. The molecule has 1 saturated heterocycles. The van der Waals surface area contributed by atoms with Gasteiger partial charge in [0, 0.05) is 18.8 Å². The topological polar surface area (TPSA) is 33.4 Å². The average Bonchev–Trinajstić information content (AvgIpc) is 3.10. The van der Waals surface area contributed by atoms with Gasteiger partial charge in [0.2, 0.25) is 0 Å². The van der Waals surface area contributed by atoms with Crippen molar-refractivity contribution in [3.63, 3.8) is 0 Å². The van der Waals surface area contributed by atoms with Gasteiger partial charge in [-0.15, -0.1) is 5.10 Å². The SMILES string of the molecule is Fc1cccc(C2CC(F)(F)CN2c2ccc3nccn3n2)c1. The number of aromatic nitrogens is 3. The third-order valence-electron chi connectivity index (χ3n) is 4.04. The highest BCUT2D eigenvalue weighted by atomic mass is 19.3. The Bertz CT molecular complexity index is 861. The molecule has 3 aromatic rings. The molecule has 1 aromatic carbocycles. The van der Waals surface area contributed by atoms with Gasteiger partial charge >= 0.3 is 0 Å². The summed E-state index contributed by atoms with van der Waals surface area (Å²) < 4.78 is 43.0. The largest absolute Gasteiger partial charge is 0.342 e. The van der Waals surface area contributed by atoms with Crippen molar-refractivity contribution in [2.24, 2.45) is 0 Å². The van der Waals surface area contributed by atoms with Crippen molar-refractivity contribution in [3.05, 3.63) is 60.2 Å². The number of fused-ring (bicyclic) bond motifs is 1. The molecule has 0 saturated carbocycles. The number of imidazole rings is 1. The lowest BCUT2D eigenvalue weighted by atomic mass is 10.0. The van der Waals surface area contributed by atoms with Gasteiger partial charge in [-0.1, -0.05) is 12.1 Å². The normalized spacial score (nSPS) is 20.3. The molecule has 0 radical (unpaired) electrons. The lowest BCUT2D eigenvalue weighted by molar-refractivity contribution is 0.0222. The zero-order valence-corrected chi connectivity index (χ0v) is 12.0. The number of halogens is 3. The molecule has 1 unspecified atom stereocenters. The molecular weight excluding hydrogens is 305 g/mol. The second-order valence-electron chi connectivity index (χ2n) is 5.68. The highest BCUT2D eigenvalue weighted by Gasteiger charge is 2.46. The van der Waals surface area contributed by atoms with E-state index in [2.05, 4.69) is 10.1 Å². The summed E-state index contributed by atoms with van der Waals surface area (Å²) in [7, 11) is 0. The quantitative estimate of drug-likeness (QED) is 0.725. The Kier molecular flexibility index (Phi) is 3.04. The lowest BCUT2D eigenvalue weighted by Crippen LogP contribution is -2.27. The van der Waals surface area contributed by atoms with E-state index < -0.39 is 24.3 Å². The third-order valence-corrected chi connectivity index (χ3v) is 4.04. The Balaban J connectivity index is 1.77. The number of hydrogen-bond donors (Lipinski definition) is 0. The molecule has 4 rings (SSSR count). The van der Waals surface area contributed by atoms with Crippen molar-refractivity contribution in [2.75, 3.05) is 11.4 Å². The average molecular weight is 318 g/mol. The van der Waals surface area contributed by atoms with Gasteiger partial charge in [0.15, 0.2) is 5.65 Å². The van der Waals surface area contributed by atoms with Crippen LogP contribution in [0.25, 0.3) is 5.65 Å². The van der Waals surface area contributed by atoms with Crippen LogP contribution in [0, 0.1) is 5.82 Å². The maximum atomic E-state index is 14.0. The van der Waals surface area contributed by atoms with Gasteiger partial charge in [-0.2, -0.15) is 0 Å². The smallest absolute Gasteiger partial charge is 0.267 e. The van der Waals surface area contributed by atoms with E-state index in [1.807, 2.05) is 0 Å². The van der Waals surface area contributed by atoms with Crippen molar-refractivity contribution in [3.8, 4) is 0 Å². The minimum Gasteiger partial charge on any atom is -0.342 e. The molecule has 0 N–H and O–H groups in total. The van der Waals surface area contributed by atoms with E-state index in [-0.39, 0.29) is 6.42 Å². The van der Waals surface area contributed by atoms with Crippen LogP contribution in [0.3, 0.4) is 0 Å². The van der Waals surface area contributed by atoms with Crippen LogP contribution in [0.4, 0.5) is 19.0 Å². The monoisotopic (exact) mass is 318 g/mol. The first-order valence-electron chi connectivity index (χ1n) is 7.22.